The van der Waals surface area contributed by atoms with Crippen LogP contribution in [0.2, 0.25) is 0 Å². The van der Waals surface area contributed by atoms with Crippen molar-refractivity contribution in [2.45, 2.75) is 25.7 Å². The number of nitrogens with zero attached hydrogens (tertiary/aromatic N) is 2. The standard InChI is InChI=1S/C20H22N2S.ClH/c1-22(2)12-17-8-13-3-6-16(7-13)20(17)19-10-15-5-4-14(11-21)9-18(15)23-19;/h4-5,9-10,13,16H,3,6-8,12H2,1-2H3;1H. The molecular weight excluding hydrogens is 336 g/mol. The summed E-state index contributed by atoms with van der Waals surface area (Å²) in [5.41, 5.74) is 4.05. The molecule has 0 saturated heterocycles. The molecule has 0 radical (unpaired) electrons. The zero-order valence-corrected chi connectivity index (χ0v) is 15.8. The number of likely N-dealkylation sites (N-methyl/N-ethyl adjacent to an activating group) is 1. The van der Waals surface area contributed by atoms with Crippen LogP contribution in [0.5, 0.6) is 0 Å². The molecule has 0 N–H and O–H groups in total. The third-order valence-electron chi connectivity index (χ3n) is 5.29. The molecule has 0 amide bonds. The van der Waals surface area contributed by atoms with Crippen molar-refractivity contribution >= 4 is 39.4 Å². The molecule has 2 aliphatic carbocycles. The van der Waals surface area contributed by atoms with E-state index in [1.807, 2.05) is 23.5 Å². The minimum Gasteiger partial charge on any atom is -0.305 e. The number of rotatable bonds is 3. The Morgan fingerprint density at radius 2 is 2.08 bits per heavy atom. The number of thiophene rings is 1. The van der Waals surface area contributed by atoms with E-state index in [2.05, 4.69) is 37.2 Å². The molecule has 4 heteroatoms. The lowest BCUT2D eigenvalue weighted by molar-refractivity contribution is 0.413. The number of nitriles is 1. The van der Waals surface area contributed by atoms with Gasteiger partial charge in [-0.2, -0.15) is 5.26 Å². The Morgan fingerprint density at radius 1 is 1.25 bits per heavy atom. The van der Waals surface area contributed by atoms with Gasteiger partial charge in [0.2, 0.25) is 0 Å². The zero-order valence-electron chi connectivity index (χ0n) is 14.2. The van der Waals surface area contributed by atoms with Gasteiger partial charge in [0, 0.05) is 16.1 Å². The van der Waals surface area contributed by atoms with Crippen LogP contribution < -0.4 is 0 Å². The fourth-order valence-electron chi connectivity index (χ4n) is 4.41. The summed E-state index contributed by atoms with van der Waals surface area (Å²) in [6, 6.07) is 10.7. The summed E-state index contributed by atoms with van der Waals surface area (Å²) in [5.74, 6) is 1.67. The first-order chi connectivity index (χ1) is 11.1. The molecule has 2 aromatic rings. The van der Waals surface area contributed by atoms with Crippen LogP contribution in [-0.4, -0.2) is 25.5 Å². The molecule has 2 aliphatic rings. The van der Waals surface area contributed by atoms with Crippen molar-refractivity contribution in [2.75, 3.05) is 20.6 Å². The van der Waals surface area contributed by atoms with Gasteiger partial charge >= 0.3 is 0 Å². The Labute approximate surface area is 154 Å². The number of benzene rings is 1. The summed E-state index contributed by atoms with van der Waals surface area (Å²) in [5, 5.41) is 10.4. The van der Waals surface area contributed by atoms with Crippen LogP contribution in [0, 0.1) is 23.2 Å². The third-order valence-corrected chi connectivity index (χ3v) is 6.42. The Bertz CT molecular complexity index is 828. The summed E-state index contributed by atoms with van der Waals surface area (Å²) < 4.78 is 1.25. The number of hydrogen-bond acceptors (Lipinski definition) is 3. The second kappa shape index (κ2) is 6.88. The number of fused-ring (bicyclic) bond motifs is 3. The van der Waals surface area contributed by atoms with E-state index in [1.165, 1.54) is 40.6 Å². The fraction of sp³-hybridized carbons (Fsp3) is 0.450. The zero-order chi connectivity index (χ0) is 16.0. The number of hydrogen-bond donors (Lipinski definition) is 0. The van der Waals surface area contributed by atoms with Gasteiger partial charge in [-0.05, 0) is 80.8 Å². The van der Waals surface area contributed by atoms with E-state index >= 15 is 0 Å². The lowest BCUT2D eigenvalue weighted by atomic mass is 9.82. The van der Waals surface area contributed by atoms with Crippen molar-refractivity contribution in [3.63, 3.8) is 0 Å². The van der Waals surface area contributed by atoms with Crippen LogP contribution in [0.25, 0.3) is 15.7 Å². The summed E-state index contributed by atoms with van der Waals surface area (Å²) in [6.45, 7) is 1.08. The molecule has 0 spiro atoms. The number of allylic oxidation sites excluding steroid dienone is 1. The third kappa shape index (κ3) is 3.11. The van der Waals surface area contributed by atoms with Crippen LogP contribution in [0.3, 0.4) is 0 Å². The van der Waals surface area contributed by atoms with Gasteiger partial charge in [-0.15, -0.1) is 23.7 Å². The molecular formula is C20H23ClN2S. The lowest BCUT2D eigenvalue weighted by Gasteiger charge is -2.28. The predicted molar refractivity (Wildman–Crippen MR) is 105 cm³/mol. The second-order valence-corrected chi connectivity index (χ2v) is 8.39. The monoisotopic (exact) mass is 358 g/mol. The molecule has 24 heavy (non-hydrogen) atoms. The fourth-order valence-corrected chi connectivity index (χ4v) is 5.68. The van der Waals surface area contributed by atoms with Crippen LogP contribution in [0.4, 0.5) is 0 Å². The SMILES string of the molecule is CN(C)CC1=C(c2cc3ccc(C#N)cc3s2)C2CCC(C1)C2.Cl. The Hall–Kier alpha value is -1.34. The van der Waals surface area contributed by atoms with Crippen LogP contribution in [-0.2, 0) is 0 Å². The topological polar surface area (TPSA) is 27.0 Å². The molecule has 1 heterocycles. The molecule has 2 atom stereocenters. The van der Waals surface area contributed by atoms with Crippen molar-refractivity contribution in [1.29, 1.82) is 5.26 Å². The van der Waals surface area contributed by atoms with Gasteiger partial charge in [-0.3, -0.25) is 0 Å². The van der Waals surface area contributed by atoms with Gasteiger partial charge in [-0.25, -0.2) is 0 Å². The van der Waals surface area contributed by atoms with E-state index in [0.717, 1.165) is 23.9 Å². The van der Waals surface area contributed by atoms with E-state index in [0.29, 0.717) is 0 Å². The summed E-state index contributed by atoms with van der Waals surface area (Å²) >= 11 is 1.87. The van der Waals surface area contributed by atoms with Crippen molar-refractivity contribution in [3.8, 4) is 6.07 Å². The van der Waals surface area contributed by atoms with E-state index in [1.54, 1.807) is 11.1 Å². The van der Waals surface area contributed by atoms with Crippen LogP contribution in [0.15, 0.2) is 29.8 Å². The summed E-state index contributed by atoms with van der Waals surface area (Å²) in [7, 11) is 4.34. The van der Waals surface area contributed by atoms with Gasteiger partial charge < -0.3 is 4.90 Å². The van der Waals surface area contributed by atoms with Crippen LogP contribution >= 0.6 is 23.7 Å². The average Bonchev–Trinajstić information content (AvgIpc) is 3.10. The molecule has 2 unspecified atom stereocenters. The van der Waals surface area contributed by atoms with Crippen molar-refractivity contribution in [1.82, 2.24) is 4.90 Å². The quantitative estimate of drug-likeness (QED) is 0.741. The molecule has 4 rings (SSSR count). The Kier molecular flexibility index (Phi) is 5.01. The predicted octanol–water partition coefficient (Wildman–Crippen LogP) is 5.33. The highest BCUT2D eigenvalue weighted by atomic mass is 35.5. The van der Waals surface area contributed by atoms with Gasteiger partial charge in [0.15, 0.2) is 0 Å². The number of halogens is 1. The largest absolute Gasteiger partial charge is 0.305 e. The maximum atomic E-state index is 9.12. The van der Waals surface area contributed by atoms with Gasteiger partial charge in [-0.1, -0.05) is 11.6 Å². The summed E-state index contributed by atoms with van der Waals surface area (Å²) in [4.78, 5) is 3.75. The molecule has 126 valence electrons. The van der Waals surface area contributed by atoms with Gasteiger partial charge in [0.25, 0.3) is 0 Å². The first kappa shape index (κ1) is 17.5. The van der Waals surface area contributed by atoms with Crippen molar-refractivity contribution in [3.05, 3.63) is 40.3 Å². The van der Waals surface area contributed by atoms with Crippen LogP contribution in [0.1, 0.15) is 36.1 Å². The second-order valence-electron chi connectivity index (χ2n) is 7.31. The smallest absolute Gasteiger partial charge is 0.0992 e. The van der Waals surface area contributed by atoms with E-state index in [9.17, 15) is 0 Å². The van der Waals surface area contributed by atoms with Gasteiger partial charge in [0.05, 0.1) is 11.6 Å². The van der Waals surface area contributed by atoms with Crippen molar-refractivity contribution < 1.29 is 0 Å². The highest BCUT2D eigenvalue weighted by molar-refractivity contribution is 7.20. The maximum Gasteiger partial charge on any atom is 0.0992 e. The normalized spacial score (nSPS) is 22.8. The maximum absolute atomic E-state index is 9.12. The molecule has 1 fully saturated rings. The molecule has 1 saturated carbocycles. The first-order valence-corrected chi connectivity index (χ1v) is 9.26. The van der Waals surface area contributed by atoms with Gasteiger partial charge in [0.1, 0.15) is 0 Å². The van der Waals surface area contributed by atoms with Crippen molar-refractivity contribution in [2.24, 2.45) is 11.8 Å². The first-order valence-electron chi connectivity index (χ1n) is 8.44. The van der Waals surface area contributed by atoms with E-state index in [-0.39, 0.29) is 12.4 Å². The molecule has 1 aromatic carbocycles. The molecule has 0 aliphatic heterocycles. The highest BCUT2D eigenvalue weighted by Gasteiger charge is 2.35. The molecule has 2 bridgehead atoms. The minimum atomic E-state index is 0. The highest BCUT2D eigenvalue weighted by Crippen LogP contribution is 2.50. The Morgan fingerprint density at radius 3 is 2.83 bits per heavy atom. The Balaban J connectivity index is 0.00000169. The average molecular weight is 359 g/mol. The summed E-state index contributed by atoms with van der Waals surface area (Å²) in [6.07, 6.45) is 5.41. The lowest BCUT2D eigenvalue weighted by Crippen LogP contribution is -2.21. The van der Waals surface area contributed by atoms with E-state index < -0.39 is 0 Å². The van der Waals surface area contributed by atoms with E-state index in [4.69, 9.17) is 5.26 Å². The molecule has 2 nitrogen and oxygen atoms in total. The molecule has 1 aromatic heterocycles. The minimum absolute atomic E-state index is 0.